The molecule has 1 aliphatic rings. The van der Waals surface area contributed by atoms with Gasteiger partial charge in [-0.15, -0.1) is 11.3 Å². The van der Waals surface area contributed by atoms with Gasteiger partial charge in [0.1, 0.15) is 0 Å². The van der Waals surface area contributed by atoms with Gasteiger partial charge >= 0.3 is 6.03 Å². The lowest BCUT2D eigenvalue weighted by atomic mass is 10.3. The Morgan fingerprint density at radius 3 is 2.46 bits per heavy atom. The Morgan fingerprint density at radius 1 is 1.08 bits per heavy atom. The highest BCUT2D eigenvalue weighted by atomic mass is 32.1. The van der Waals surface area contributed by atoms with E-state index in [0.717, 1.165) is 4.88 Å². The molecule has 0 unspecified atom stereocenters. The number of rotatable bonds is 3. The molecule has 0 aliphatic carbocycles. The largest absolute Gasteiger partial charge is 0.336 e. The molecule has 2 aromatic rings. The molecule has 1 saturated heterocycles. The first-order valence-electron chi connectivity index (χ1n) is 7.69. The summed E-state index contributed by atoms with van der Waals surface area (Å²) in [5.74, 6) is -0.0161. The Labute approximate surface area is 144 Å². The number of pyridine rings is 1. The number of amides is 3. The first-order chi connectivity index (χ1) is 11.7. The number of hydrogen-bond acceptors (Lipinski definition) is 4. The SMILES string of the molecule is O=C(/C=C\c1cccs1)N1CCN(C(=O)Nc2ccncc2)CC1. The summed E-state index contributed by atoms with van der Waals surface area (Å²) in [6.07, 6.45) is 6.69. The van der Waals surface area contributed by atoms with Crippen molar-refractivity contribution < 1.29 is 9.59 Å². The Bertz CT molecular complexity index is 707. The number of carbonyl (C=O) groups is 2. The average molecular weight is 342 g/mol. The Balaban J connectivity index is 1.48. The van der Waals surface area contributed by atoms with Crippen LogP contribution in [0.5, 0.6) is 0 Å². The third kappa shape index (κ3) is 4.20. The minimum absolute atomic E-state index is 0.0161. The normalized spacial score (nSPS) is 14.8. The molecule has 0 radical (unpaired) electrons. The lowest BCUT2D eigenvalue weighted by Gasteiger charge is -2.34. The van der Waals surface area contributed by atoms with Gasteiger partial charge in [-0.25, -0.2) is 4.79 Å². The van der Waals surface area contributed by atoms with Crippen LogP contribution in [-0.2, 0) is 4.79 Å². The van der Waals surface area contributed by atoms with E-state index in [4.69, 9.17) is 0 Å². The first kappa shape index (κ1) is 16.2. The van der Waals surface area contributed by atoms with E-state index in [1.165, 1.54) is 0 Å². The number of piperazine rings is 1. The number of urea groups is 1. The summed E-state index contributed by atoms with van der Waals surface area (Å²) in [6.45, 7) is 2.12. The van der Waals surface area contributed by atoms with Gasteiger partial charge in [-0.2, -0.15) is 0 Å². The van der Waals surface area contributed by atoms with Crippen LogP contribution in [0.1, 0.15) is 4.88 Å². The maximum absolute atomic E-state index is 12.2. The molecular formula is C17H18N4O2S. The van der Waals surface area contributed by atoms with Crippen molar-refractivity contribution in [2.75, 3.05) is 31.5 Å². The third-order valence-electron chi connectivity index (χ3n) is 3.74. The first-order valence-corrected chi connectivity index (χ1v) is 8.57. The van der Waals surface area contributed by atoms with E-state index >= 15 is 0 Å². The molecule has 0 bridgehead atoms. The van der Waals surface area contributed by atoms with Crippen LogP contribution in [0.4, 0.5) is 10.5 Å². The molecule has 0 spiro atoms. The lowest BCUT2D eigenvalue weighted by molar-refractivity contribution is -0.127. The quantitative estimate of drug-likeness (QED) is 0.872. The van der Waals surface area contributed by atoms with Crippen LogP contribution in [0, 0.1) is 0 Å². The van der Waals surface area contributed by atoms with Gasteiger partial charge in [-0.05, 0) is 29.7 Å². The fourth-order valence-corrected chi connectivity index (χ4v) is 3.03. The smallest absolute Gasteiger partial charge is 0.321 e. The van der Waals surface area contributed by atoms with Crippen molar-refractivity contribution in [1.82, 2.24) is 14.8 Å². The number of hydrogen-bond donors (Lipinski definition) is 1. The van der Waals surface area contributed by atoms with Crippen molar-refractivity contribution in [3.63, 3.8) is 0 Å². The molecule has 0 saturated carbocycles. The average Bonchev–Trinajstić information content (AvgIpc) is 3.14. The van der Waals surface area contributed by atoms with Crippen molar-refractivity contribution in [1.29, 1.82) is 0 Å². The van der Waals surface area contributed by atoms with Crippen LogP contribution in [0.25, 0.3) is 6.08 Å². The van der Waals surface area contributed by atoms with Gasteiger partial charge in [0.25, 0.3) is 0 Å². The Kier molecular flexibility index (Phi) is 5.22. The van der Waals surface area contributed by atoms with Gasteiger partial charge in [-0.3, -0.25) is 9.78 Å². The van der Waals surface area contributed by atoms with Crippen LogP contribution in [0.3, 0.4) is 0 Å². The third-order valence-corrected chi connectivity index (χ3v) is 4.58. The van der Waals surface area contributed by atoms with Crippen molar-refractivity contribution in [2.45, 2.75) is 0 Å². The predicted molar refractivity (Wildman–Crippen MR) is 94.8 cm³/mol. The van der Waals surface area contributed by atoms with Crippen molar-refractivity contribution >= 4 is 35.0 Å². The number of nitrogens with zero attached hydrogens (tertiary/aromatic N) is 3. The van der Waals surface area contributed by atoms with Gasteiger partial charge in [-0.1, -0.05) is 6.07 Å². The van der Waals surface area contributed by atoms with E-state index in [-0.39, 0.29) is 11.9 Å². The second-order valence-corrected chi connectivity index (χ2v) is 6.31. The molecule has 3 rings (SSSR count). The fraction of sp³-hybridized carbons (Fsp3) is 0.235. The molecule has 1 N–H and O–H groups in total. The zero-order valence-electron chi connectivity index (χ0n) is 13.1. The molecule has 1 aliphatic heterocycles. The monoisotopic (exact) mass is 342 g/mol. The summed E-state index contributed by atoms with van der Waals surface area (Å²) in [5, 5.41) is 4.81. The number of carbonyl (C=O) groups excluding carboxylic acids is 2. The summed E-state index contributed by atoms with van der Waals surface area (Å²) < 4.78 is 0. The highest BCUT2D eigenvalue weighted by molar-refractivity contribution is 7.10. The van der Waals surface area contributed by atoms with E-state index in [0.29, 0.717) is 31.9 Å². The van der Waals surface area contributed by atoms with Crippen molar-refractivity contribution in [3.05, 3.63) is 53.0 Å². The molecule has 0 aromatic carbocycles. The topological polar surface area (TPSA) is 65.5 Å². The molecular weight excluding hydrogens is 324 g/mol. The number of aromatic nitrogens is 1. The van der Waals surface area contributed by atoms with E-state index < -0.39 is 0 Å². The second-order valence-electron chi connectivity index (χ2n) is 5.33. The maximum atomic E-state index is 12.2. The Morgan fingerprint density at radius 2 is 1.79 bits per heavy atom. The maximum Gasteiger partial charge on any atom is 0.321 e. The van der Waals surface area contributed by atoms with Crippen LogP contribution in [-0.4, -0.2) is 52.9 Å². The lowest BCUT2D eigenvalue weighted by Crippen LogP contribution is -2.51. The summed E-state index contributed by atoms with van der Waals surface area (Å²) in [7, 11) is 0. The predicted octanol–water partition coefficient (Wildman–Crippen LogP) is 2.53. The van der Waals surface area contributed by atoms with Crippen LogP contribution in [0.2, 0.25) is 0 Å². The van der Waals surface area contributed by atoms with Crippen molar-refractivity contribution in [2.24, 2.45) is 0 Å². The molecule has 0 atom stereocenters. The summed E-state index contributed by atoms with van der Waals surface area (Å²) in [6, 6.07) is 7.26. The molecule has 24 heavy (non-hydrogen) atoms. The molecule has 1 fully saturated rings. The molecule has 7 heteroatoms. The highest BCUT2D eigenvalue weighted by Gasteiger charge is 2.23. The second kappa shape index (κ2) is 7.74. The highest BCUT2D eigenvalue weighted by Crippen LogP contribution is 2.12. The molecule has 6 nitrogen and oxygen atoms in total. The molecule has 124 valence electrons. The molecule has 3 heterocycles. The zero-order valence-corrected chi connectivity index (χ0v) is 13.9. The van der Waals surface area contributed by atoms with Gasteiger partial charge in [0.15, 0.2) is 0 Å². The number of nitrogens with one attached hydrogen (secondary N) is 1. The fourth-order valence-electron chi connectivity index (χ4n) is 2.41. The van der Waals surface area contributed by atoms with E-state index in [1.54, 1.807) is 51.7 Å². The van der Waals surface area contributed by atoms with E-state index in [9.17, 15) is 9.59 Å². The van der Waals surface area contributed by atoms with Crippen LogP contribution in [0.15, 0.2) is 48.1 Å². The standard InChI is InChI=1S/C17H18N4O2S/c22-16(4-3-15-2-1-13-24-15)20-9-11-21(12-10-20)17(23)19-14-5-7-18-8-6-14/h1-8,13H,9-12H2,(H,18,19,23)/b4-3-. The molecule has 2 aromatic heterocycles. The van der Waals surface area contributed by atoms with Crippen LogP contribution >= 0.6 is 11.3 Å². The minimum atomic E-state index is -0.151. The Hall–Kier alpha value is -2.67. The van der Waals surface area contributed by atoms with Gasteiger partial charge < -0.3 is 15.1 Å². The minimum Gasteiger partial charge on any atom is -0.336 e. The van der Waals surface area contributed by atoms with E-state index in [1.807, 2.05) is 23.6 Å². The van der Waals surface area contributed by atoms with Crippen LogP contribution < -0.4 is 5.32 Å². The number of thiophene rings is 1. The number of anilines is 1. The van der Waals surface area contributed by atoms with Gasteiger partial charge in [0.2, 0.25) is 5.91 Å². The van der Waals surface area contributed by atoms with Gasteiger partial charge in [0.05, 0.1) is 0 Å². The van der Waals surface area contributed by atoms with Crippen molar-refractivity contribution in [3.8, 4) is 0 Å². The van der Waals surface area contributed by atoms with E-state index in [2.05, 4.69) is 10.3 Å². The zero-order chi connectivity index (χ0) is 16.8. The summed E-state index contributed by atoms with van der Waals surface area (Å²) in [5.41, 5.74) is 0.715. The summed E-state index contributed by atoms with van der Waals surface area (Å²) >= 11 is 1.59. The van der Waals surface area contributed by atoms with Gasteiger partial charge in [0, 0.05) is 55.2 Å². The molecule has 3 amide bonds. The summed E-state index contributed by atoms with van der Waals surface area (Å²) in [4.78, 5) is 32.8.